The first-order chi connectivity index (χ1) is 14.5. The number of primary amides is 1. The number of benzene rings is 1. The molecule has 1 aromatic carbocycles. The molecule has 3 aromatic rings. The molecule has 1 aliphatic heterocycles. The van der Waals surface area contributed by atoms with Gasteiger partial charge in [0.1, 0.15) is 6.10 Å². The van der Waals surface area contributed by atoms with Crippen LogP contribution >= 0.6 is 0 Å². The number of carbonyl (C=O) groups excluding carboxylic acids is 1. The van der Waals surface area contributed by atoms with Crippen LogP contribution in [0.5, 0.6) is 0 Å². The highest BCUT2D eigenvalue weighted by Gasteiger charge is 2.24. The Morgan fingerprint density at radius 1 is 1.20 bits per heavy atom. The molecule has 2 aromatic heterocycles. The molecule has 30 heavy (non-hydrogen) atoms. The number of pyridine rings is 1. The highest BCUT2D eigenvalue weighted by molar-refractivity contribution is 5.92. The fraction of sp³-hybridized carbons (Fsp3) is 0.273. The number of hydrogen-bond donors (Lipinski definition) is 1. The quantitative estimate of drug-likeness (QED) is 0.711. The Morgan fingerprint density at radius 2 is 2.00 bits per heavy atom. The first-order valence-electron chi connectivity index (χ1n) is 9.78. The van der Waals surface area contributed by atoms with Crippen molar-refractivity contribution in [1.82, 2.24) is 14.5 Å². The molecule has 8 heteroatoms. The van der Waals surface area contributed by atoms with Crippen LogP contribution in [-0.2, 0) is 11.8 Å². The molecule has 0 bridgehead atoms. The van der Waals surface area contributed by atoms with Crippen LogP contribution in [0.25, 0.3) is 11.3 Å². The van der Waals surface area contributed by atoms with Crippen molar-refractivity contribution < 1.29 is 9.53 Å². The summed E-state index contributed by atoms with van der Waals surface area (Å²) in [5.74, 6) is 0.104. The first kappa shape index (κ1) is 19.8. The molecular formula is C22H23N5O3. The molecule has 0 radical (unpaired) electrons. The summed E-state index contributed by atoms with van der Waals surface area (Å²) in [5.41, 5.74) is 8.04. The van der Waals surface area contributed by atoms with E-state index in [1.165, 1.54) is 6.07 Å². The van der Waals surface area contributed by atoms with Crippen LogP contribution in [0.4, 0.5) is 5.95 Å². The first-order valence-corrected chi connectivity index (χ1v) is 9.78. The van der Waals surface area contributed by atoms with Gasteiger partial charge in [-0.25, -0.2) is 4.98 Å². The minimum Gasteiger partial charge on any atom is -0.372 e. The predicted molar refractivity (Wildman–Crippen MR) is 113 cm³/mol. The normalized spacial score (nSPS) is 16.8. The summed E-state index contributed by atoms with van der Waals surface area (Å²) in [7, 11) is 1.72. The van der Waals surface area contributed by atoms with Crippen molar-refractivity contribution in [2.75, 3.05) is 24.6 Å². The predicted octanol–water partition coefficient (Wildman–Crippen LogP) is 1.91. The van der Waals surface area contributed by atoms with Gasteiger partial charge >= 0.3 is 0 Å². The van der Waals surface area contributed by atoms with Crippen molar-refractivity contribution in [1.29, 1.82) is 0 Å². The average Bonchev–Trinajstić information content (AvgIpc) is 3.02. The van der Waals surface area contributed by atoms with Crippen molar-refractivity contribution in [3.8, 4) is 11.3 Å². The Hall–Kier alpha value is -3.52. The fourth-order valence-electron chi connectivity index (χ4n) is 3.58. The zero-order valence-corrected chi connectivity index (χ0v) is 16.7. The molecule has 2 N–H and O–H groups in total. The molecule has 0 spiro atoms. The number of aromatic nitrogens is 3. The minimum atomic E-state index is -0.476. The van der Waals surface area contributed by atoms with Gasteiger partial charge < -0.3 is 15.4 Å². The number of nitrogens with zero attached hydrogens (tertiary/aromatic N) is 4. The van der Waals surface area contributed by atoms with Crippen LogP contribution in [-0.4, -0.2) is 40.1 Å². The molecule has 1 aliphatic rings. The van der Waals surface area contributed by atoms with Crippen molar-refractivity contribution >= 4 is 11.9 Å². The molecule has 1 unspecified atom stereocenters. The van der Waals surface area contributed by atoms with Gasteiger partial charge in [-0.1, -0.05) is 12.1 Å². The van der Waals surface area contributed by atoms with Gasteiger partial charge in [0.05, 0.1) is 12.2 Å². The number of carbonyl (C=O) groups is 1. The van der Waals surface area contributed by atoms with E-state index in [0.717, 1.165) is 17.5 Å². The number of rotatable bonds is 4. The summed E-state index contributed by atoms with van der Waals surface area (Å²) >= 11 is 0. The number of ether oxygens (including phenoxy) is 1. The number of hydrogen-bond acceptors (Lipinski definition) is 6. The molecule has 8 nitrogen and oxygen atoms in total. The Kier molecular flexibility index (Phi) is 5.58. The summed E-state index contributed by atoms with van der Waals surface area (Å²) in [6.07, 6.45) is 3.88. The second-order valence-corrected chi connectivity index (χ2v) is 7.22. The molecule has 1 amide bonds. The zero-order valence-electron chi connectivity index (χ0n) is 16.7. The van der Waals surface area contributed by atoms with E-state index < -0.39 is 5.91 Å². The van der Waals surface area contributed by atoms with Crippen molar-refractivity contribution in [3.63, 3.8) is 0 Å². The Labute approximate surface area is 173 Å². The number of nitrogens with two attached hydrogens (primary N) is 1. The maximum atomic E-state index is 12.6. The van der Waals surface area contributed by atoms with Crippen LogP contribution in [0.15, 0.2) is 59.7 Å². The van der Waals surface area contributed by atoms with E-state index in [2.05, 4.69) is 9.88 Å². The Morgan fingerprint density at radius 3 is 2.77 bits per heavy atom. The summed E-state index contributed by atoms with van der Waals surface area (Å²) in [4.78, 5) is 35.1. The molecule has 154 valence electrons. The Balaban J connectivity index is 1.69. The van der Waals surface area contributed by atoms with E-state index in [1.54, 1.807) is 42.2 Å². The van der Waals surface area contributed by atoms with E-state index in [9.17, 15) is 9.59 Å². The topological polar surface area (TPSA) is 103 Å². The smallest absolute Gasteiger partial charge is 0.255 e. The number of anilines is 1. The third kappa shape index (κ3) is 4.08. The average molecular weight is 405 g/mol. The summed E-state index contributed by atoms with van der Waals surface area (Å²) in [6.45, 7) is 1.77. The SMILES string of the molecule is Cn1c(N2CCCOC(c3cccc(C(N)=O)c3)C2)nc(-c2ccncc2)cc1=O. The summed E-state index contributed by atoms with van der Waals surface area (Å²) in [5, 5.41) is 0. The van der Waals surface area contributed by atoms with E-state index in [-0.39, 0.29) is 11.7 Å². The van der Waals surface area contributed by atoms with Crippen molar-refractivity contribution in [2.24, 2.45) is 12.8 Å². The second-order valence-electron chi connectivity index (χ2n) is 7.22. The highest BCUT2D eigenvalue weighted by atomic mass is 16.5. The molecule has 1 fully saturated rings. The van der Waals surface area contributed by atoms with Gasteiger partial charge in [-0.15, -0.1) is 0 Å². The lowest BCUT2D eigenvalue weighted by molar-refractivity contribution is 0.0685. The molecule has 4 rings (SSSR count). The van der Waals surface area contributed by atoms with Crippen LogP contribution in [0, 0.1) is 0 Å². The van der Waals surface area contributed by atoms with Crippen molar-refractivity contribution in [2.45, 2.75) is 12.5 Å². The van der Waals surface area contributed by atoms with Crippen LogP contribution < -0.4 is 16.2 Å². The molecule has 0 saturated carbocycles. The third-order valence-electron chi connectivity index (χ3n) is 5.19. The lowest BCUT2D eigenvalue weighted by atomic mass is 10.1. The fourth-order valence-corrected chi connectivity index (χ4v) is 3.58. The second kappa shape index (κ2) is 8.46. The largest absolute Gasteiger partial charge is 0.372 e. The highest BCUT2D eigenvalue weighted by Crippen LogP contribution is 2.26. The molecular weight excluding hydrogens is 382 g/mol. The van der Waals surface area contributed by atoms with Gasteiger partial charge in [-0.3, -0.25) is 19.1 Å². The van der Waals surface area contributed by atoms with Crippen LogP contribution in [0.1, 0.15) is 28.4 Å². The van der Waals surface area contributed by atoms with Crippen molar-refractivity contribution in [3.05, 3.63) is 76.3 Å². The van der Waals surface area contributed by atoms with Gasteiger partial charge in [0, 0.05) is 49.8 Å². The minimum absolute atomic E-state index is 0.135. The van der Waals surface area contributed by atoms with Gasteiger partial charge in [-0.2, -0.15) is 0 Å². The lowest BCUT2D eigenvalue weighted by Crippen LogP contribution is -2.34. The Bertz CT molecular complexity index is 1110. The van der Waals surface area contributed by atoms with E-state index in [0.29, 0.717) is 36.9 Å². The molecule has 0 aliphatic carbocycles. The monoisotopic (exact) mass is 405 g/mol. The van der Waals surface area contributed by atoms with E-state index in [4.69, 9.17) is 15.5 Å². The molecule has 1 saturated heterocycles. The van der Waals surface area contributed by atoms with Gasteiger partial charge in [0.25, 0.3) is 5.56 Å². The maximum absolute atomic E-state index is 12.6. The lowest BCUT2D eigenvalue weighted by Gasteiger charge is -2.27. The number of amides is 1. The maximum Gasteiger partial charge on any atom is 0.255 e. The summed E-state index contributed by atoms with van der Waals surface area (Å²) < 4.78 is 7.59. The zero-order chi connectivity index (χ0) is 21.1. The van der Waals surface area contributed by atoms with E-state index in [1.807, 2.05) is 18.2 Å². The van der Waals surface area contributed by atoms with Gasteiger partial charge in [0.2, 0.25) is 11.9 Å². The van der Waals surface area contributed by atoms with Gasteiger partial charge in [-0.05, 0) is 36.2 Å². The third-order valence-corrected chi connectivity index (χ3v) is 5.19. The molecule has 3 heterocycles. The van der Waals surface area contributed by atoms with Crippen LogP contribution in [0.3, 0.4) is 0 Å². The van der Waals surface area contributed by atoms with E-state index >= 15 is 0 Å². The molecule has 1 atom stereocenters. The summed E-state index contributed by atoms with van der Waals surface area (Å²) in [6, 6.07) is 12.3. The van der Waals surface area contributed by atoms with Gasteiger partial charge in [0.15, 0.2) is 0 Å². The standard InChI is InChI=1S/C22H23N5O3/c1-26-20(28)13-18(15-6-8-24-9-7-15)25-22(26)27-10-3-11-30-19(14-27)16-4-2-5-17(12-16)21(23)29/h2,4-9,12-13,19H,3,10-11,14H2,1H3,(H2,23,29). The van der Waals surface area contributed by atoms with Crippen LogP contribution in [0.2, 0.25) is 0 Å².